The van der Waals surface area contributed by atoms with Crippen molar-refractivity contribution < 1.29 is 0 Å². The minimum atomic E-state index is 0.909. The summed E-state index contributed by atoms with van der Waals surface area (Å²) in [5, 5.41) is 0. The summed E-state index contributed by atoms with van der Waals surface area (Å²) >= 11 is 0. The Morgan fingerprint density at radius 1 is 1.25 bits per heavy atom. The predicted octanol–water partition coefficient (Wildman–Crippen LogP) is 4.37. The van der Waals surface area contributed by atoms with Gasteiger partial charge in [0, 0.05) is 0 Å². The lowest BCUT2D eigenvalue weighted by Crippen LogP contribution is -1.90. The third kappa shape index (κ3) is 7.84. The van der Waals surface area contributed by atoms with Crippen LogP contribution in [-0.4, -0.2) is 0 Å². The van der Waals surface area contributed by atoms with Crippen molar-refractivity contribution in [2.24, 2.45) is 5.92 Å². The zero-order valence-corrected chi connectivity index (χ0v) is 8.68. The highest BCUT2D eigenvalue weighted by Gasteiger charge is 1.95. The third-order valence-corrected chi connectivity index (χ3v) is 2.30. The van der Waals surface area contributed by atoms with Gasteiger partial charge in [-0.25, -0.2) is 0 Å². The molecule has 0 amide bonds. The molecule has 0 heterocycles. The number of rotatable bonds is 7. The van der Waals surface area contributed by atoms with Gasteiger partial charge in [0.05, 0.1) is 0 Å². The van der Waals surface area contributed by atoms with Gasteiger partial charge in [0.2, 0.25) is 0 Å². The highest BCUT2D eigenvalue weighted by atomic mass is 14.0. The van der Waals surface area contributed by atoms with Crippen LogP contribution in [-0.2, 0) is 0 Å². The standard InChI is InChI=1S/C12H23/c1-4-6-7-8-9-10-11-12(3)5-2/h7-8,12H,1,4-6,9-11H2,2-3H3. The topological polar surface area (TPSA) is 0 Å². The Morgan fingerprint density at radius 2 is 1.92 bits per heavy atom. The van der Waals surface area contributed by atoms with E-state index in [1.165, 1.54) is 25.7 Å². The van der Waals surface area contributed by atoms with Gasteiger partial charge < -0.3 is 0 Å². The van der Waals surface area contributed by atoms with Crippen molar-refractivity contribution in [1.29, 1.82) is 0 Å². The maximum Gasteiger partial charge on any atom is -0.0351 e. The second-order valence-electron chi connectivity index (χ2n) is 3.56. The monoisotopic (exact) mass is 167 g/mol. The van der Waals surface area contributed by atoms with Crippen LogP contribution in [0, 0.1) is 12.8 Å². The summed E-state index contributed by atoms with van der Waals surface area (Å²) in [7, 11) is 0. The van der Waals surface area contributed by atoms with Gasteiger partial charge in [-0.15, -0.1) is 0 Å². The Bertz CT molecular complexity index is 103. The number of hydrogen-bond donors (Lipinski definition) is 0. The molecule has 0 aromatic carbocycles. The van der Waals surface area contributed by atoms with E-state index in [1.807, 2.05) is 0 Å². The van der Waals surface area contributed by atoms with E-state index in [-0.39, 0.29) is 0 Å². The highest BCUT2D eigenvalue weighted by molar-refractivity contribution is 4.81. The average molecular weight is 167 g/mol. The van der Waals surface area contributed by atoms with Crippen LogP contribution < -0.4 is 0 Å². The first-order valence-electron chi connectivity index (χ1n) is 5.25. The van der Waals surface area contributed by atoms with E-state index in [2.05, 4.69) is 32.9 Å². The van der Waals surface area contributed by atoms with Crippen molar-refractivity contribution in [2.45, 2.75) is 52.4 Å². The van der Waals surface area contributed by atoms with Gasteiger partial charge in [-0.05, 0) is 31.6 Å². The first kappa shape index (κ1) is 11.7. The largest absolute Gasteiger partial charge is 0.0885 e. The summed E-state index contributed by atoms with van der Waals surface area (Å²) in [6.07, 6.45) is 12.0. The summed E-state index contributed by atoms with van der Waals surface area (Å²) in [6, 6.07) is 0. The van der Waals surface area contributed by atoms with Crippen LogP contribution in [0.1, 0.15) is 52.4 Å². The molecule has 0 aromatic rings. The molecule has 0 aliphatic heterocycles. The SMILES string of the molecule is [CH2]CCC=CCCCC(C)CC. The van der Waals surface area contributed by atoms with Crippen molar-refractivity contribution in [2.75, 3.05) is 0 Å². The maximum absolute atomic E-state index is 3.79. The lowest BCUT2D eigenvalue weighted by Gasteiger charge is -2.05. The lowest BCUT2D eigenvalue weighted by atomic mass is 10.0. The second-order valence-corrected chi connectivity index (χ2v) is 3.56. The normalized spacial score (nSPS) is 13.9. The fourth-order valence-electron chi connectivity index (χ4n) is 1.14. The lowest BCUT2D eigenvalue weighted by molar-refractivity contribution is 0.498. The summed E-state index contributed by atoms with van der Waals surface area (Å²) in [5.41, 5.74) is 0. The van der Waals surface area contributed by atoms with Gasteiger partial charge in [-0.2, -0.15) is 0 Å². The molecule has 12 heavy (non-hydrogen) atoms. The van der Waals surface area contributed by atoms with E-state index in [0.29, 0.717) is 0 Å². The Kier molecular flexibility index (Phi) is 8.64. The fraction of sp³-hybridized carbons (Fsp3) is 0.750. The van der Waals surface area contributed by atoms with E-state index < -0.39 is 0 Å². The van der Waals surface area contributed by atoms with E-state index in [4.69, 9.17) is 0 Å². The quantitative estimate of drug-likeness (QED) is 0.390. The molecule has 0 nitrogen and oxygen atoms in total. The first-order chi connectivity index (χ1) is 5.81. The molecular weight excluding hydrogens is 144 g/mol. The molecule has 0 spiro atoms. The minimum Gasteiger partial charge on any atom is -0.0885 e. The van der Waals surface area contributed by atoms with E-state index in [1.54, 1.807) is 0 Å². The van der Waals surface area contributed by atoms with Crippen molar-refractivity contribution in [3.05, 3.63) is 19.1 Å². The molecule has 0 saturated carbocycles. The molecule has 0 rings (SSSR count). The molecule has 0 fully saturated rings. The highest BCUT2D eigenvalue weighted by Crippen LogP contribution is 2.11. The molecule has 1 atom stereocenters. The molecule has 0 heteroatoms. The van der Waals surface area contributed by atoms with Crippen LogP contribution in [0.4, 0.5) is 0 Å². The second kappa shape index (κ2) is 8.83. The van der Waals surface area contributed by atoms with E-state index in [0.717, 1.165) is 18.8 Å². The zero-order chi connectivity index (χ0) is 9.23. The fourth-order valence-corrected chi connectivity index (χ4v) is 1.14. The van der Waals surface area contributed by atoms with Crippen LogP contribution in [0.15, 0.2) is 12.2 Å². The maximum atomic E-state index is 3.79. The molecule has 1 radical (unpaired) electrons. The van der Waals surface area contributed by atoms with Gasteiger partial charge >= 0.3 is 0 Å². The van der Waals surface area contributed by atoms with E-state index >= 15 is 0 Å². The molecule has 0 aliphatic carbocycles. The minimum absolute atomic E-state index is 0.909. The van der Waals surface area contributed by atoms with Crippen molar-refractivity contribution in [3.63, 3.8) is 0 Å². The zero-order valence-electron chi connectivity index (χ0n) is 8.68. The molecule has 1 unspecified atom stereocenters. The van der Waals surface area contributed by atoms with Crippen LogP contribution in [0.3, 0.4) is 0 Å². The van der Waals surface area contributed by atoms with Gasteiger partial charge in [0.25, 0.3) is 0 Å². The van der Waals surface area contributed by atoms with Gasteiger partial charge in [-0.3, -0.25) is 0 Å². The number of hydrogen-bond acceptors (Lipinski definition) is 0. The van der Waals surface area contributed by atoms with Crippen LogP contribution >= 0.6 is 0 Å². The van der Waals surface area contributed by atoms with Gasteiger partial charge in [0.1, 0.15) is 0 Å². The Balaban J connectivity index is 3.09. The molecule has 71 valence electrons. The van der Waals surface area contributed by atoms with E-state index in [9.17, 15) is 0 Å². The predicted molar refractivity (Wildman–Crippen MR) is 57.0 cm³/mol. The molecule has 0 bridgehead atoms. The van der Waals surface area contributed by atoms with Gasteiger partial charge in [0.15, 0.2) is 0 Å². The molecular formula is C12H23. The Labute approximate surface area is 78.1 Å². The third-order valence-electron chi connectivity index (χ3n) is 2.30. The Morgan fingerprint density at radius 3 is 2.50 bits per heavy atom. The van der Waals surface area contributed by atoms with Crippen LogP contribution in [0.2, 0.25) is 0 Å². The summed E-state index contributed by atoms with van der Waals surface area (Å²) < 4.78 is 0. The van der Waals surface area contributed by atoms with Crippen LogP contribution in [0.5, 0.6) is 0 Å². The first-order valence-corrected chi connectivity index (χ1v) is 5.25. The van der Waals surface area contributed by atoms with Crippen LogP contribution in [0.25, 0.3) is 0 Å². The number of unbranched alkanes of at least 4 members (excludes halogenated alkanes) is 2. The molecule has 0 aliphatic rings. The van der Waals surface area contributed by atoms with Crippen molar-refractivity contribution in [3.8, 4) is 0 Å². The van der Waals surface area contributed by atoms with Gasteiger partial charge in [-0.1, -0.05) is 45.8 Å². The summed E-state index contributed by atoms with van der Waals surface area (Å²) in [6.45, 7) is 8.39. The molecule has 0 aromatic heterocycles. The summed E-state index contributed by atoms with van der Waals surface area (Å²) in [4.78, 5) is 0. The average Bonchev–Trinajstić information content (AvgIpc) is 2.10. The molecule has 0 saturated heterocycles. The smallest absolute Gasteiger partial charge is 0.0351 e. The summed E-state index contributed by atoms with van der Waals surface area (Å²) in [5.74, 6) is 0.909. The van der Waals surface area contributed by atoms with Crippen molar-refractivity contribution in [1.82, 2.24) is 0 Å². The molecule has 0 N–H and O–H groups in total. The Hall–Kier alpha value is -0.260. The number of allylic oxidation sites excluding steroid dienone is 2. The van der Waals surface area contributed by atoms with Crippen molar-refractivity contribution >= 4 is 0 Å².